The molecule has 0 aliphatic rings. The molecule has 1 heterocycles. The number of pyridine rings is 1. The third kappa shape index (κ3) is 1.64. The second-order valence-corrected chi connectivity index (χ2v) is 2.95. The van der Waals surface area contributed by atoms with Gasteiger partial charge in [-0.2, -0.15) is 0 Å². The topological polar surface area (TPSA) is 12.9 Å². The van der Waals surface area contributed by atoms with Gasteiger partial charge in [0.15, 0.2) is 0 Å². The molecule has 0 amide bonds. The zero-order chi connectivity index (χ0) is 6.69. The van der Waals surface area contributed by atoms with Crippen LogP contribution in [0, 0.1) is 3.57 Å². The van der Waals surface area contributed by atoms with Gasteiger partial charge in [0.2, 0.25) is 0 Å². The van der Waals surface area contributed by atoms with Crippen LogP contribution in [0.5, 0.6) is 0 Å². The van der Waals surface area contributed by atoms with Crippen molar-refractivity contribution >= 4 is 22.6 Å². The molecule has 0 atom stereocenters. The lowest BCUT2D eigenvalue weighted by atomic mass is 10.3. The van der Waals surface area contributed by atoms with E-state index in [-0.39, 0.29) is 0 Å². The van der Waals surface area contributed by atoms with Crippen LogP contribution >= 0.6 is 22.6 Å². The summed E-state index contributed by atoms with van der Waals surface area (Å²) >= 11 is 2.30. The smallest absolute Gasteiger partial charge is 0.0534 e. The summed E-state index contributed by atoms with van der Waals surface area (Å²) in [6.07, 6.45) is 2.86. The highest BCUT2D eigenvalue weighted by Crippen LogP contribution is 2.07. The van der Waals surface area contributed by atoms with Crippen molar-refractivity contribution in [1.29, 1.82) is 0 Å². The van der Waals surface area contributed by atoms with E-state index >= 15 is 0 Å². The van der Waals surface area contributed by atoms with E-state index in [1.807, 2.05) is 12.3 Å². The minimum absolute atomic E-state index is 1.03. The summed E-state index contributed by atoms with van der Waals surface area (Å²) in [5, 5.41) is 0. The number of rotatable bonds is 1. The predicted molar refractivity (Wildman–Crippen MR) is 46.3 cm³/mol. The van der Waals surface area contributed by atoms with E-state index in [1.54, 1.807) is 0 Å². The van der Waals surface area contributed by atoms with Gasteiger partial charge in [-0.15, -0.1) is 0 Å². The molecular weight excluding hydrogens is 225 g/mol. The zero-order valence-corrected chi connectivity index (χ0v) is 7.42. The summed E-state index contributed by atoms with van der Waals surface area (Å²) in [5.74, 6) is 0. The number of hydrogen-bond acceptors (Lipinski definition) is 1. The Labute approximate surface area is 68.6 Å². The molecule has 0 aliphatic heterocycles. The van der Waals surface area contributed by atoms with Gasteiger partial charge in [-0.05, 0) is 41.1 Å². The van der Waals surface area contributed by atoms with Gasteiger partial charge in [0.1, 0.15) is 0 Å². The molecule has 9 heavy (non-hydrogen) atoms. The van der Waals surface area contributed by atoms with Crippen LogP contribution in [0.25, 0.3) is 0 Å². The van der Waals surface area contributed by atoms with Crippen LogP contribution in [0.3, 0.4) is 0 Å². The van der Waals surface area contributed by atoms with Crippen LogP contribution in [-0.2, 0) is 6.42 Å². The molecule has 1 aromatic heterocycles. The molecule has 0 aliphatic carbocycles. The maximum Gasteiger partial charge on any atom is 0.0534 e. The standard InChI is InChI=1S/C7H8IN/c1-2-7-6(8)4-3-5-9-7/h3-5H,2H2,1H3. The fourth-order valence-electron chi connectivity index (χ4n) is 0.679. The number of nitrogens with zero attached hydrogens (tertiary/aromatic N) is 1. The van der Waals surface area contributed by atoms with Crippen molar-refractivity contribution in [3.63, 3.8) is 0 Å². The number of halogens is 1. The molecule has 0 saturated heterocycles. The van der Waals surface area contributed by atoms with Crippen molar-refractivity contribution in [1.82, 2.24) is 4.98 Å². The van der Waals surface area contributed by atoms with Crippen molar-refractivity contribution in [3.8, 4) is 0 Å². The average Bonchev–Trinajstić information content (AvgIpc) is 1.89. The van der Waals surface area contributed by atoms with Gasteiger partial charge in [0.05, 0.1) is 5.69 Å². The molecule has 48 valence electrons. The molecule has 0 saturated carbocycles. The predicted octanol–water partition coefficient (Wildman–Crippen LogP) is 2.25. The van der Waals surface area contributed by atoms with Crippen LogP contribution in [0.15, 0.2) is 18.3 Å². The Morgan fingerprint density at radius 1 is 1.67 bits per heavy atom. The van der Waals surface area contributed by atoms with Crippen molar-refractivity contribution in [2.45, 2.75) is 13.3 Å². The molecule has 0 fully saturated rings. The van der Waals surface area contributed by atoms with Gasteiger partial charge in [0.25, 0.3) is 0 Å². The van der Waals surface area contributed by atoms with Gasteiger partial charge >= 0.3 is 0 Å². The van der Waals surface area contributed by atoms with E-state index in [0.29, 0.717) is 0 Å². The fraction of sp³-hybridized carbons (Fsp3) is 0.286. The van der Waals surface area contributed by atoms with E-state index in [9.17, 15) is 0 Å². The van der Waals surface area contributed by atoms with E-state index in [4.69, 9.17) is 0 Å². The fourth-order valence-corrected chi connectivity index (χ4v) is 1.41. The summed E-state index contributed by atoms with van der Waals surface area (Å²) in [5.41, 5.74) is 1.19. The monoisotopic (exact) mass is 233 g/mol. The number of hydrogen-bond donors (Lipinski definition) is 0. The van der Waals surface area contributed by atoms with E-state index in [1.165, 1.54) is 9.26 Å². The molecule has 2 heteroatoms. The molecule has 0 spiro atoms. The first-order chi connectivity index (χ1) is 4.34. The van der Waals surface area contributed by atoms with Crippen molar-refractivity contribution in [2.75, 3.05) is 0 Å². The highest BCUT2D eigenvalue weighted by molar-refractivity contribution is 14.1. The van der Waals surface area contributed by atoms with Crippen LogP contribution in [0.2, 0.25) is 0 Å². The maximum absolute atomic E-state index is 4.19. The molecule has 1 aromatic rings. The lowest BCUT2D eigenvalue weighted by Gasteiger charge is -1.95. The summed E-state index contributed by atoms with van der Waals surface area (Å²) < 4.78 is 1.26. The van der Waals surface area contributed by atoms with Gasteiger partial charge in [-0.25, -0.2) is 0 Å². The van der Waals surface area contributed by atoms with E-state index in [2.05, 4.69) is 40.6 Å². The quantitative estimate of drug-likeness (QED) is 0.678. The Hall–Kier alpha value is -0.120. The molecule has 1 rings (SSSR count). The third-order valence-electron chi connectivity index (χ3n) is 1.17. The normalized spacial score (nSPS) is 9.56. The lowest BCUT2D eigenvalue weighted by molar-refractivity contribution is 1.02. The van der Waals surface area contributed by atoms with Crippen LogP contribution in [0.1, 0.15) is 12.6 Å². The second-order valence-electron chi connectivity index (χ2n) is 1.79. The first-order valence-electron chi connectivity index (χ1n) is 2.94. The second kappa shape index (κ2) is 3.15. The number of aryl methyl sites for hydroxylation is 1. The summed E-state index contributed by atoms with van der Waals surface area (Å²) in [7, 11) is 0. The molecule has 0 aromatic carbocycles. The van der Waals surface area contributed by atoms with Gasteiger partial charge in [0, 0.05) is 9.77 Å². The van der Waals surface area contributed by atoms with Crippen molar-refractivity contribution in [2.24, 2.45) is 0 Å². The van der Waals surface area contributed by atoms with Gasteiger partial charge in [-0.1, -0.05) is 6.92 Å². The van der Waals surface area contributed by atoms with Crippen LogP contribution < -0.4 is 0 Å². The van der Waals surface area contributed by atoms with Crippen molar-refractivity contribution < 1.29 is 0 Å². The van der Waals surface area contributed by atoms with Crippen LogP contribution in [-0.4, -0.2) is 4.98 Å². The van der Waals surface area contributed by atoms with Gasteiger partial charge in [-0.3, -0.25) is 4.98 Å². The zero-order valence-electron chi connectivity index (χ0n) is 5.26. The molecule has 0 N–H and O–H groups in total. The molecule has 0 bridgehead atoms. The summed E-state index contributed by atoms with van der Waals surface area (Å²) in [4.78, 5) is 4.19. The lowest BCUT2D eigenvalue weighted by Crippen LogP contribution is -1.88. The molecule has 1 nitrogen and oxygen atoms in total. The maximum atomic E-state index is 4.19. The van der Waals surface area contributed by atoms with Crippen molar-refractivity contribution in [3.05, 3.63) is 27.6 Å². The SMILES string of the molecule is CCc1ncccc1I. The van der Waals surface area contributed by atoms with E-state index in [0.717, 1.165) is 6.42 Å². The highest BCUT2D eigenvalue weighted by atomic mass is 127. The Kier molecular flexibility index (Phi) is 2.45. The minimum atomic E-state index is 1.03. The third-order valence-corrected chi connectivity index (χ3v) is 2.15. The Balaban J connectivity index is 3.01. The molecular formula is C7H8IN. The first kappa shape index (κ1) is 6.99. The summed E-state index contributed by atoms with van der Waals surface area (Å²) in [6, 6.07) is 4.04. The highest BCUT2D eigenvalue weighted by Gasteiger charge is 1.93. The first-order valence-corrected chi connectivity index (χ1v) is 4.02. The minimum Gasteiger partial charge on any atom is -0.260 e. The Bertz CT molecular complexity index is 198. The average molecular weight is 233 g/mol. The Morgan fingerprint density at radius 3 is 2.89 bits per heavy atom. The van der Waals surface area contributed by atoms with Gasteiger partial charge < -0.3 is 0 Å². The summed E-state index contributed by atoms with van der Waals surface area (Å²) in [6.45, 7) is 2.12. The Morgan fingerprint density at radius 2 is 2.44 bits per heavy atom. The molecule has 0 radical (unpaired) electrons. The largest absolute Gasteiger partial charge is 0.260 e. The molecule has 0 unspecified atom stereocenters. The van der Waals surface area contributed by atoms with E-state index < -0.39 is 0 Å². The van der Waals surface area contributed by atoms with Crippen LogP contribution in [0.4, 0.5) is 0 Å². The number of aromatic nitrogens is 1.